The number of nitrogens with zero attached hydrogens (tertiary/aromatic N) is 1. The van der Waals surface area contributed by atoms with Gasteiger partial charge in [0.2, 0.25) is 0 Å². The van der Waals surface area contributed by atoms with Crippen LogP contribution in [0.1, 0.15) is 18.4 Å². The van der Waals surface area contributed by atoms with Crippen LogP contribution >= 0.6 is 11.6 Å². The van der Waals surface area contributed by atoms with Gasteiger partial charge in [0.1, 0.15) is 5.84 Å². The highest BCUT2D eigenvalue weighted by atomic mass is 35.5. The number of piperidine rings is 1. The number of amidine groups is 1. The molecule has 1 aromatic rings. The van der Waals surface area contributed by atoms with Gasteiger partial charge in [0.15, 0.2) is 0 Å². The number of ether oxygens (including phenoxy) is 1. The van der Waals surface area contributed by atoms with Crippen LogP contribution in [-0.2, 0) is 4.74 Å². The maximum absolute atomic E-state index is 8.75. The van der Waals surface area contributed by atoms with Crippen molar-refractivity contribution in [2.45, 2.75) is 18.9 Å². The van der Waals surface area contributed by atoms with E-state index < -0.39 is 0 Å². The molecular formula is C14H20ClN3O2. The molecule has 6 heteroatoms. The van der Waals surface area contributed by atoms with Gasteiger partial charge in [-0.25, -0.2) is 0 Å². The monoisotopic (exact) mass is 297 g/mol. The summed E-state index contributed by atoms with van der Waals surface area (Å²) in [5.41, 5.74) is 7.06. The van der Waals surface area contributed by atoms with Crippen LogP contribution in [0.5, 0.6) is 0 Å². The van der Waals surface area contributed by atoms with Gasteiger partial charge in [0.25, 0.3) is 0 Å². The van der Waals surface area contributed by atoms with Crippen LogP contribution in [0.4, 0.5) is 5.69 Å². The minimum atomic E-state index is 0.0227. The van der Waals surface area contributed by atoms with Crippen LogP contribution in [0, 0.1) is 5.41 Å². The van der Waals surface area contributed by atoms with Crippen molar-refractivity contribution in [2.24, 2.45) is 5.73 Å². The Kier molecular flexibility index (Phi) is 5.23. The third kappa shape index (κ3) is 3.62. The largest absolute Gasteiger partial charge is 0.394 e. The van der Waals surface area contributed by atoms with Crippen molar-refractivity contribution in [3.8, 4) is 0 Å². The van der Waals surface area contributed by atoms with Gasteiger partial charge < -0.3 is 20.5 Å². The molecule has 0 atom stereocenters. The first kappa shape index (κ1) is 15.1. The molecule has 1 aliphatic rings. The lowest BCUT2D eigenvalue weighted by molar-refractivity contribution is 0.0159. The molecule has 4 N–H and O–H groups in total. The summed E-state index contributed by atoms with van der Waals surface area (Å²) in [6, 6.07) is 5.46. The third-order valence-corrected chi connectivity index (χ3v) is 3.79. The van der Waals surface area contributed by atoms with Gasteiger partial charge in [-0.2, -0.15) is 0 Å². The van der Waals surface area contributed by atoms with E-state index in [1.54, 1.807) is 6.07 Å². The van der Waals surface area contributed by atoms with E-state index in [0.29, 0.717) is 17.2 Å². The smallest absolute Gasteiger partial charge is 0.122 e. The van der Waals surface area contributed by atoms with E-state index in [9.17, 15) is 0 Å². The van der Waals surface area contributed by atoms with Crippen LogP contribution in [-0.4, -0.2) is 43.3 Å². The average molecular weight is 298 g/mol. The minimum Gasteiger partial charge on any atom is -0.394 e. The summed E-state index contributed by atoms with van der Waals surface area (Å²) in [6.45, 7) is 2.21. The maximum Gasteiger partial charge on any atom is 0.122 e. The SMILES string of the molecule is N=C(N)c1ccc(N2CCC(OCCO)CC2)c(Cl)c1. The molecule has 0 amide bonds. The standard InChI is InChI=1S/C14H20ClN3O2/c15-12-9-10(14(16)17)1-2-13(12)18-5-3-11(4-6-18)20-8-7-19/h1-2,9,11,19H,3-8H2,(H3,16,17). The Hall–Kier alpha value is -1.30. The number of nitrogens with two attached hydrogens (primary N) is 1. The Bertz CT molecular complexity index is 473. The molecular weight excluding hydrogens is 278 g/mol. The number of halogens is 1. The second kappa shape index (κ2) is 6.92. The van der Waals surface area contributed by atoms with E-state index in [4.69, 9.17) is 32.6 Å². The summed E-state index contributed by atoms with van der Waals surface area (Å²) in [5, 5.41) is 16.8. The van der Waals surface area contributed by atoms with Crippen molar-refractivity contribution < 1.29 is 9.84 Å². The highest BCUT2D eigenvalue weighted by Crippen LogP contribution is 2.29. The van der Waals surface area contributed by atoms with E-state index in [1.807, 2.05) is 12.1 Å². The molecule has 1 heterocycles. The molecule has 0 spiro atoms. The number of benzene rings is 1. The Labute approximate surface area is 123 Å². The molecule has 0 unspecified atom stereocenters. The first-order valence-electron chi connectivity index (χ1n) is 6.73. The number of aliphatic hydroxyl groups excluding tert-OH is 1. The number of aliphatic hydroxyl groups is 1. The summed E-state index contributed by atoms with van der Waals surface area (Å²) in [6.07, 6.45) is 2.06. The van der Waals surface area contributed by atoms with Gasteiger partial charge in [0, 0.05) is 18.7 Å². The summed E-state index contributed by atoms with van der Waals surface area (Å²) in [7, 11) is 0. The van der Waals surface area contributed by atoms with Crippen molar-refractivity contribution in [2.75, 3.05) is 31.2 Å². The summed E-state index contributed by atoms with van der Waals surface area (Å²) in [5.74, 6) is 0.0227. The molecule has 20 heavy (non-hydrogen) atoms. The first-order chi connectivity index (χ1) is 9.61. The topological polar surface area (TPSA) is 82.6 Å². The second-order valence-electron chi connectivity index (χ2n) is 4.86. The normalized spacial score (nSPS) is 16.4. The zero-order valence-corrected chi connectivity index (χ0v) is 12.1. The number of hydrogen-bond acceptors (Lipinski definition) is 4. The van der Waals surface area contributed by atoms with Crippen LogP contribution in [0.15, 0.2) is 18.2 Å². The molecule has 110 valence electrons. The van der Waals surface area contributed by atoms with Crippen molar-refractivity contribution in [1.82, 2.24) is 0 Å². The first-order valence-corrected chi connectivity index (χ1v) is 7.11. The van der Waals surface area contributed by atoms with Crippen LogP contribution in [0.25, 0.3) is 0 Å². The van der Waals surface area contributed by atoms with Crippen LogP contribution < -0.4 is 10.6 Å². The van der Waals surface area contributed by atoms with Gasteiger partial charge in [-0.15, -0.1) is 0 Å². The molecule has 0 saturated carbocycles. The molecule has 1 aromatic carbocycles. The number of hydrogen-bond donors (Lipinski definition) is 3. The van der Waals surface area contributed by atoms with Crippen LogP contribution in [0.2, 0.25) is 5.02 Å². The zero-order valence-electron chi connectivity index (χ0n) is 11.3. The van der Waals surface area contributed by atoms with Gasteiger partial charge in [-0.05, 0) is 31.0 Å². The van der Waals surface area contributed by atoms with Crippen molar-refractivity contribution >= 4 is 23.1 Å². The van der Waals surface area contributed by atoms with Crippen molar-refractivity contribution in [3.63, 3.8) is 0 Å². The summed E-state index contributed by atoms with van der Waals surface area (Å²) in [4.78, 5) is 2.21. The molecule has 1 fully saturated rings. The highest BCUT2D eigenvalue weighted by molar-refractivity contribution is 6.33. The van der Waals surface area contributed by atoms with E-state index >= 15 is 0 Å². The molecule has 0 bridgehead atoms. The minimum absolute atomic E-state index is 0.0227. The molecule has 0 aromatic heterocycles. The van der Waals surface area contributed by atoms with E-state index in [0.717, 1.165) is 31.6 Å². The zero-order chi connectivity index (χ0) is 14.5. The number of nitrogens with one attached hydrogen (secondary N) is 1. The quantitative estimate of drug-likeness (QED) is 0.569. The Morgan fingerprint density at radius 2 is 2.15 bits per heavy atom. The second-order valence-corrected chi connectivity index (χ2v) is 5.27. The Morgan fingerprint density at radius 3 is 2.70 bits per heavy atom. The summed E-state index contributed by atoms with van der Waals surface area (Å²) < 4.78 is 5.54. The fourth-order valence-electron chi connectivity index (χ4n) is 2.41. The molecule has 2 rings (SSSR count). The van der Waals surface area contributed by atoms with E-state index in [2.05, 4.69) is 4.90 Å². The van der Waals surface area contributed by atoms with Gasteiger partial charge in [0.05, 0.1) is 30.0 Å². The van der Waals surface area contributed by atoms with Gasteiger partial charge in [-0.3, -0.25) is 5.41 Å². The van der Waals surface area contributed by atoms with Gasteiger partial charge in [-0.1, -0.05) is 11.6 Å². The summed E-state index contributed by atoms with van der Waals surface area (Å²) >= 11 is 6.27. The highest BCUT2D eigenvalue weighted by Gasteiger charge is 2.21. The van der Waals surface area contributed by atoms with Crippen LogP contribution in [0.3, 0.4) is 0 Å². The molecule has 1 saturated heterocycles. The third-order valence-electron chi connectivity index (χ3n) is 3.49. The Morgan fingerprint density at radius 1 is 1.45 bits per heavy atom. The molecule has 5 nitrogen and oxygen atoms in total. The van der Waals surface area contributed by atoms with E-state index in [-0.39, 0.29) is 18.5 Å². The Balaban J connectivity index is 1.98. The molecule has 0 aliphatic carbocycles. The number of nitrogen functional groups attached to an aromatic ring is 1. The van der Waals surface area contributed by atoms with Crippen molar-refractivity contribution in [3.05, 3.63) is 28.8 Å². The number of rotatable bonds is 5. The number of anilines is 1. The average Bonchev–Trinajstić information content (AvgIpc) is 2.45. The molecule has 0 radical (unpaired) electrons. The predicted octanol–water partition coefficient (Wildman–Crippen LogP) is 1.60. The lowest BCUT2D eigenvalue weighted by atomic mass is 10.1. The fourth-order valence-corrected chi connectivity index (χ4v) is 2.71. The fraction of sp³-hybridized carbons (Fsp3) is 0.500. The lowest BCUT2D eigenvalue weighted by Gasteiger charge is -2.34. The maximum atomic E-state index is 8.75. The van der Waals surface area contributed by atoms with E-state index in [1.165, 1.54) is 0 Å². The van der Waals surface area contributed by atoms with Crippen molar-refractivity contribution in [1.29, 1.82) is 5.41 Å². The molecule has 1 aliphatic heterocycles. The predicted molar refractivity (Wildman–Crippen MR) is 80.7 cm³/mol. The van der Waals surface area contributed by atoms with Gasteiger partial charge >= 0.3 is 0 Å². The lowest BCUT2D eigenvalue weighted by Crippen LogP contribution is -2.37.